The Morgan fingerprint density at radius 3 is 2.84 bits per heavy atom. The van der Waals surface area contributed by atoms with E-state index in [-0.39, 0.29) is 5.91 Å². The Hall–Kier alpha value is -2.19. The van der Waals surface area contributed by atoms with E-state index in [4.69, 9.17) is 27.6 Å². The normalized spacial score (nSPS) is 11.1. The molecule has 1 amide bonds. The number of amides is 1. The van der Waals surface area contributed by atoms with Crippen LogP contribution in [0.1, 0.15) is 22.2 Å². The van der Waals surface area contributed by atoms with Crippen LogP contribution in [0.5, 0.6) is 0 Å². The van der Waals surface area contributed by atoms with Crippen molar-refractivity contribution in [2.45, 2.75) is 26.2 Å². The largest absolute Gasteiger partial charge is 0.441 e. The molecule has 0 atom stereocenters. The fraction of sp³-hybridized carbons (Fsp3) is 0.227. The van der Waals surface area contributed by atoms with Gasteiger partial charge < -0.3 is 9.73 Å². The minimum atomic E-state index is -0.0313. The number of hydrogen-bond donors (Lipinski definition) is 1. The van der Waals surface area contributed by atoms with Crippen LogP contribution in [0.25, 0.3) is 21.9 Å². The topological polar surface area (TPSA) is 68.0 Å². The lowest BCUT2D eigenvalue weighted by molar-refractivity contribution is -0.121. The first kappa shape index (κ1) is 22.0. The predicted octanol–water partition coefficient (Wildman–Crippen LogP) is 6.43. The Morgan fingerprint density at radius 2 is 2.06 bits per heavy atom. The molecule has 3 heterocycles. The second-order valence-corrected chi connectivity index (χ2v) is 9.93. The number of nitrogens with one attached hydrogen (secondary N) is 1. The van der Waals surface area contributed by atoms with Gasteiger partial charge in [-0.2, -0.15) is 0 Å². The number of aromatic nitrogens is 2. The van der Waals surface area contributed by atoms with Crippen LogP contribution in [-0.4, -0.2) is 22.4 Å². The molecule has 0 fully saturated rings. The molecule has 0 aliphatic carbocycles. The van der Waals surface area contributed by atoms with E-state index in [0.717, 1.165) is 27.6 Å². The van der Waals surface area contributed by atoms with Gasteiger partial charge in [-0.25, -0.2) is 9.97 Å². The van der Waals surface area contributed by atoms with Crippen LogP contribution in [0, 0.1) is 6.92 Å². The summed E-state index contributed by atoms with van der Waals surface area (Å²) in [5.41, 5.74) is 1.74. The molecule has 160 valence electrons. The summed E-state index contributed by atoms with van der Waals surface area (Å²) in [6, 6.07) is 9.36. The third-order valence-electron chi connectivity index (χ3n) is 4.54. The standard InChI is InChI=1S/C22H19Cl2N3O2S2/c1-13-27-18(12-30-13)20-5-3-15(31-20)8-9-25-21(28)6-7-22-26-11-19(29-22)16-4-2-14(23)10-17(16)24/h2-5,10-12H,6-9H2,1H3,(H,25,28). The Labute approximate surface area is 198 Å². The van der Waals surface area contributed by atoms with E-state index in [2.05, 4.69) is 32.8 Å². The molecule has 0 saturated carbocycles. The van der Waals surface area contributed by atoms with Crippen molar-refractivity contribution in [2.75, 3.05) is 6.54 Å². The summed E-state index contributed by atoms with van der Waals surface area (Å²) in [7, 11) is 0. The van der Waals surface area contributed by atoms with E-state index >= 15 is 0 Å². The van der Waals surface area contributed by atoms with Crippen molar-refractivity contribution in [3.05, 3.63) is 67.7 Å². The van der Waals surface area contributed by atoms with Gasteiger partial charge in [0.15, 0.2) is 11.7 Å². The molecule has 5 nitrogen and oxygen atoms in total. The molecule has 1 N–H and O–H groups in total. The zero-order valence-corrected chi connectivity index (χ0v) is 19.8. The smallest absolute Gasteiger partial charge is 0.220 e. The Kier molecular flexibility index (Phi) is 7.07. The van der Waals surface area contributed by atoms with Gasteiger partial charge in [0.2, 0.25) is 5.91 Å². The highest BCUT2D eigenvalue weighted by atomic mass is 35.5. The third-order valence-corrected chi connectivity index (χ3v) is 7.03. The summed E-state index contributed by atoms with van der Waals surface area (Å²) >= 11 is 15.5. The Balaban J connectivity index is 1.23. The SMILES string of the molecule is Cc1nc(-c2ccc(CCNC(=O)CCc3ncc(-c4ccc(Cl)cc4Cl)o3)s2)cs1. The molecular formula is C22H19Cl2N3O2S2. The van der Waals surface area contributed by atoms with Crippen LogP contribution in [0.15, 0.2) is 46.3 Å². The fourth-order valence-electron chi connectivity index (χ4n) is 3.00. The number of rotatable bonds is 8. The van der Waals surface area contributed by atoms with Crippen LogP contribution in [0.2, 0.25) is 10.0 Å². The van der Waals surface area contributed by atoms with Gasteiger partial charge in [-0.05, 0) is 43.7 Å². The van der Waals surface area contributed by atoms with Crippen LogP contribution < -0.4 is 5.32 Å². The van der Waals surface area contributed by atoms with E-state index in [9.17, 15) is 4.79 Å². The number of hydrogen-bond acceptors (Lipinski definition) is 6. The first-order valence-electron chi connectivity index (χ1n) is 9.66. The van der Waals surface area contributed by atoms with E-state index in [1.807, 2.05) is 6.92 Å². The molecule has 4 rings (SSSR count). The molecule has 1 aromatic carbocycles. The zero-order chi connectivity index (χ0) is 21.8. The third kappa shape index (κ3) is 5.74. The van der Waals surface area contributed by atoms with Crippen molar-refractivity contribution in [3.8, 4) is 21.9 Å². The van der Waals surface area contributed by atoms with Crippen molar-refractivity contribution in [2.24, 2.45) is 0 Å². The monoisotopic (exact) mass is 491 g/mol. The number of oxazole rings is 1. The molecule has 0 aliphatic heterocycles. The summed E-state index contributed by atoms with van der Waals surface area (Å²) < 4.78 is 5.74. The Bertz CT molecular complexity index is 1200. The maximum atomic E-state index is 12.2. The molecule has 31 heavy (non-hydrogen) atoms. The number of benzene rings is 1. The molecule has 0 spiro atoms. The molecule has 0 bridgehead atoms. The number of halogens is 2. The lowest BCUT2D eigenvalue weighted by Crippen LogP contribution is -2.25. The lowest BCUT2D eigenvalue weighted by Gasteiger charge is -2.03. The van der Waals surface area contributed by atoms with Gasteiger partial charge in [0.1, 0.15) is 0 Å². The average Bonchev–Trinajstić information content (AvgIpc) is 3.47. The van der Waals surface area contributed by atoms with Crippen LogP contribution >= 0.6 is 45.9 Å². The summed E-state index contributed by atoms with van der Waals surface area (Å²) in [6.07, 6.45) is 3.13. The summed E-state index contributed by atoms with van der Waals surface area (Å²) in [5, 5.41) is 7.14. The molecule has 0 unspecified atom stereocenters. The van der Waals surface area contributed by atoms with Crippen molar-refractivity contribution >= 4 is 51.8 Å². The van der Waals surface area contributed by atoms with Gasteiger partial charge in [0.05, 0.1) is 26.8 Å². The molecule has 0 saturated heterocycles. The maximum Gasteiger partial charge on any atom is 0.220 e. The lowest BCUT2D eigenvalue weighted by atomic mass is 10.2. The number of carbonyl (C=O) groups excluding carboxylic acids is 1. The second kappa shape index (κ2) is 9.96. The van der Waals surface area contributed by atoms with E-state index in [0.29, 0.717) is 41.1 Å². The van der Waals surface area contributed by atoms with Gasteiger partial charge >= 0.3 is 0 Å². The number of thiophene rings is 1. The van der Waals surface area contributed by atoms with Crippen LogP contribution in [0.4, 0.5) is 0 Å². The quantitative estimate of drug-likeness (QED) is 0.308. The highest BCUT2D eigenvalue weighted by molar-refractivity contribution is 7.16. The highest BCUT2D eigenvalue weighted by Gasteiger charge is 2.12. The summed E-state index contributed by atoms with van der Waals surface area (Å²) in [4.78, 5) is 23.3. The van der Waals surface area contributed by atoms with Crippen LogP contribution in [-0.2, 0) is 17.6 Å². The van der Waals surface area contributed by atoms with E-state index in [1.54, 1.807) is 47.1 Å². The van der Waals surface area contributed by atoms with Gasteiger partial charge in [-0.3, -0.25) is 4.79 Å². The van der Waals surface area contributed by atoms with Crippen LogP contribution in [0.3, 0.4) is 0 Å². The van der Waals surface area contributed by atoms with Gasteiger partial charge in [-0.1, -0.05) is 23.2 Å². The zero-order valence-electron chi connectivity index (χ0n) is 16.7. The Morgan fingerprint density at radius 1 is 1.19 bits per heavy atom. The molecular weight excluding hydrogens is 473 g/mol. The van der Waals surface area contributed by atoms with E-state index in [1.165, 1.54) is 4.88 Å². The van der Waals surface area contributed by atoms with Gasteiger partial charge in [-0.15, -0.1) is 22.7 Å². The number of thiazole rings is 1. The summed E-state index contributed by atoms with van der Waals surface area (Å²) in [6.45, 7) is 2.59. The summed E-state index contributed by atoms with van der Waals surface area (Å²) in [5.74, 6) is 1.02. The van der Waals surface area contributed by atoms with Gasteiger partial charge in [0, 0.05) is 40.2 Å². The minimum Gasteiger partial charge on any atom is -0.441 e. The first-order chi connectivity index (χ1) is 15.0. The molecule has 4 aromatic rings. The average molecular weight is 492 g/mol. The highest BCUT2D eigenvalue weighted by Crippen LogP contribution is 2.31. The maximum absolute atomic E-state index is 12.2. The van der Waals surface area contributed by atoms with Gasteiger partial charge in [0.25, 0.3) is 0 Å². The van der Waals surface area contributed by atoms with Crippen molar-refractivity contribution in [1.29, 1.82) is 0 Å². The molecule has 9 heteroatoms. The number of carbonyl (C=O) groups is 1. The number of nitrogens with zero attached hydrogens (tertiary/aromatic N) is 2. The predicted molar refractivity (Wildman–Crippen MR) is 127 cm³/mol. The van der Waals surface area contributed by atoms with Crippen molar-refractivity contribution in [1.82, 2.24) is 15.3 Å². The first-order valence-corrected chi connectivity index (χ1v) is 12.1. The number of aryl methyl sites for hydroxylation is 2. The second-order valence-electron chi connectivity index (χ2n) is 6.86. The molecule has 0 radical (unpaired) electrons. The van der Waals surface area contributed by atoms with E-state index < -0.39 is 0 Å². The fourth-order valence-corrected chi connectivity index (χ4v) is 5.16. The van der Waals surface area contributed by atoms with Crippen molar-refractivity contribution < 1.29 is 9.21 Å². The van der Waals surface area contributed by atoms with Crippen molar-refractivity contribution in [3.63, 3.8) is 0 Å². The molecule has 0 aliphatic rings. The molecule has 3 aromatic heterocycles. The minimum absolute atomic E-state index is 0.0313.